The standard InChI is InChI=1S/C34H33F2N3O4S.C28H31N3O2.C6H3ClF2O2S/c1-43-32-11-3-2-8-28(32)24-14-17-38(18-15-24)22-23-6-4-7-26(20-23)34(40)39-19-16-25-12-13-27(21-31(25)39)37-44(41,42)33-29(35)9-5-10-30(33)36;1-33-27-8-3-2-7-25(27)21-11-14-30(15-12-21)19-20-5-4-6-23(17-20)28(32)31-16-13-22-9-10-24(29)18-26(22)31;7-12(10,11)6-4(8)2-1-3-5(6)9/h2-13,20-21,24,37H,14-19,22H2,1H3;2-10,17-18,21H,11-16,19,29H2,1H3;1-3H. The van der Waals surface area contributed by atoms with Crippen LogP contribution in [0.5, 0.6) is 11.5 Å². The summed E-state index contributed by atoms with van der Waals surface area (Å²) < 4.78 is 114. The molecule has 0 radical (unpaired) electrons. The van der Waals surface area contributed by atoms with E-state index in [9.17, 15) is 44.0 Å². The number of sulfonamides is 1. The molecule has 21 heteroatoms. The van der Waals surface area contributed by atoms with Gasteiger partial charge < -0.3 is 25.0 Å². The van der Waals surface area contributed by atoms with Crippen molar-refractivity contribution >= 4 is 64.3 Å². The number of hydrogen-bond acceptors (Lipinski definition) is 11. The van der Waals surface area contributed by atoms with Crippen molar-refractivity contribution in [3.05, 3.63) is 238 Å². The first-order valence-electron chi connectivity index (χ1n) is 29.2. The predicted octanol–water partition coefficient (Wildman–Crippen LogP) is 13.1. The minimum Gasteiger partial charge on any atom is -0.496 e. The number of anilines is 4. The molecular weight excluding hydrogens is 1200 g/mol. The molecule has 4 heterocycles. The molecule has 4 aliphatic heterocycles. The molecule has 2 fully saturated rings. The highest BCUT2D eigenvalue weighted by Gasteiger charge is 2.31. The van der Waals surface area contributed by atoms with E-state index in [0.717, 1.165) is 142 Å². The van der Waals surface area contributed by atoms with Crippen LogP contribution in [0.4, 0.5) is 40.3 Å². The molecule has 0 bridgehead atoms. The lowest BCUT2D eigenvalue weighted by molar-refractivity contribution is 0.0981. The topological polar surface area (TPSA) is 172 Å². The molecule has 0 saturated carbocycles. The fourth-order valence-corrected chi connectivity index (χ4v) is 14.4. The summed E-state index contributed by atoms with van der Waals surface area (Å²) in [5.74, 6) is -1.98. The molecule has 464 valence electrons. The van der Waals surface area contributed by atoms with Gasteiger partial charge in [-0.05, 0) is 195 Å². The average Bonchev–Trinajstić information content (AvgIpc) is 2.16. The zero-order valence-corrected chi connectivity index (χ0v) is 51.4. The van der Waals surface area contributed by atoms with E-state index in [4.69, 9.17) is 25.9 Å². The number of methoxy groups -OCH3 is 2. The maximum absolute atomic E-state index is 14.2. The summed E-state index contributed by atoms with van der Waals surface area (Å²) in [5, 5.41) is 0. The number of likely N-dealkylation sites (tertiary alicyclic amines) is 2. The third-order valence-electron chi connectivity index (χ3n) is 16.6. The second kappa shape index (κ2) is 28.1. The van der Waals surface area contributed by atoms with Crippen LogP contribution in [0.25, 0.3) is 0 Å². The lowest BCUT2D eigenvalue weighted by atomic mass is 9.88. The quantitative estimate of drug-likeness (QED) is 0.0603. The van der Waals surface area contributed by atoms with E-state index in [2.05, 4.69) is 57.0 Å². The number of nitrogens with two attached hydrogens (primary N) is 1. The second-order valence-electron chi connectivity index (χ2n) is 22.3. The van der Waals surface area contributed by atoms with Gasteiger partial charge in [-0.2, -0.15) is 0 Å². The molecule has 0 atom stereocenters. The van der Waals surface area contributed by atoms with Gasteiger partial charge in [0.05, 0.1) is 19.9 Å². The van der Waals surface area contributed by atoms with Crippen molar-refractivity contribution in [3.63, 3.8) is 0 Å². The van der Waals surface area contributed by atoms with Crippen molar-refractivity contribution in [2.45, 2.75) is 73.2 Å². The molecule has 0 spiro atoms. The van der Waals surface area contributed by atoms with Crippen molar-refractivity contribution < 1.29 is 53.5 Å². The van der Waals surface area contributed by atoms with Gasteiger partial charge in [0.25, 0.3) is 30.9 Å². The van der Waals surface area contributed by atoms with Gasteiger partial charge in [-0.15, -0.1) is 0 Å². The van der Waals surface area contributed by atoms with E-state index in [1.165, 1.54) is 34.4 Å². The lowest BCUT2D eigenvalue weighted by Gasteiger charge is -2.32. The number of hydrogen-bond donors (Lipinski definition) is 2. The van der Waals surface area contributed by atoms with Gasteiger partial charge in [0.1, 0.15) is 34.8 Å². The van der Waals surface area contributed by atoms with Crippen molar-refractivity contribution in [2.75, 3.05) is 73.7 Å². The van der Waals surface area contributed by atoms with Gasteiger partial charge >= 0.3 is 0 Å². The Labute approximate surface area is 520 Å². The molecule has 3 N–H and O–H groups in total. The molecule has 8 aromatic carbocycles. The maximum atomic E-state index is 14.2. The first kappa shape index (κ1) is 63.7. The van der Waals surface area contributed by atoms with Crippen LogP contribution < -0.4 is 29.7 Å². The fraction of sp³-hybridized carbons (Fsp3) is 0.265. The number of rotatable bonds is 14. The molecule has 14 nitrogen and oxygen atoms in total. The molecule has 89 heavy (non-hydrogen) atoms. The maximum Gasteiger partial charge on any atom is 0.267 e. The largest absolute Gasteiger partial charge is 0.496 e. The van der Waals surface area contributed by atoms with Gasteiger partial charge in [0, 0.05) is 65.1 Å². The van der Waals surface area contributed by atoms with E-state index >= 15 is 0 Å². The molecule has 0 unspecified atom stereocenters. The molecule has 0 aliphatic carbocycles. The first-order chi connectivity index (χ1) is 42.8. The summed E-state index contributed by atoms with van der Waals surface area (Å²) in [6.07, 6.45) is 5.77. The van der Waals surface area contributed by atoms with E-state index in [0.29, 0.717) is 48.3 Å². The van der Waals surface area contributed by atoms with Gasteiger partial charge in [0.2, 0.25) is 0 Å². The number of para-hydroxylation sites is 2. The number of piperidine rings is 2. The second-order valence-corrected chi connectivity index (χ2v) is 26.4. The van der Waals surface area contributed by atoms with Gasteiger partial charge in [-0.1, -0.05) is 84.9 Å². The van der Waals surface area contributed by atoms with Crippen LogP contribution in [0.15, 0.2) is 180 Å². The number of nitrogen functional groups attached to an aromatic ring is 1. The number of nitrogens with zero attached hydrogens (tertiary/aromatic N) is 4. The van der Waals surface area contributed by atoms with E-state index < -0.39 is 52.1 Å². The highest BCUT2D eigenvalue weighted by molar-refractivity contribution is 8.13. The Bertz CT molecular complexity index is 4090. The van der Waals surface area contributed by atoms with E-state index in [1.54, 1.807) is 31.3 Å². The van der Waals surface area contributed by atoms with Crippen LogP contribution in [0.1, 0.15) is 91.6 Å². The SMILES string of the molecule is COc1ccccc1C1CCN(Cc2cccc(C(=O)N3CCc4ccc(N)cc43)c2)CC1.COc1ccccc1C1CCN(Cc2cccc(C(=O)N3CCc4ccc(NS(=O)(=O)c5c(F)cccc5F)cc43)c2)CC1.O=S(=O)(Cl)c1c(F)cccc1F. The van der Waals surface area contributed by atoms with Crippen LogP contribution in [-0.4, -0.2) is 91.9 Å². The summed E-state index contributed by atoms with van der Waals surface area (Å²) in [6, 6.07) is 48.5. The summed E-state index contributed by atoms with van der Waals surface area (Å²) in [7, 11) is -0.664. The fourth-order valence-electron chi connectivity index (χ4n) is 12.2. The van der Waals surface area contributed by atoms with Crippen LogP contribution in [0.2, 0.25) is 0 Å². The Morgan fingerprint density at radius 1 is 0.517 bits per heavy atom. The summed E-state index contributed by atoms with van der Waals surface area (Å²) in [5.41, 5.74) is 16.4. The zero-order chi connectivity index (χ0) is 63.0. The number of benzene rings is 8. The summed E-state index contributed by atoms with van der Waals surface area (Å²) >= 11 is 0. The van der Waals surface area contributed by atoms with Crippen molar-refractivity contribution in [1.29, 1.82) is 0 Å². The Hall–Kier alpha value is -8.27. The zero-order valence-electron chi connectivity index (χ0n) is 49.1. The molecule has 2 amide bonds. The Morgan fingerprint density at radius 2 is 0.933 bits per heavy atom. The monoisotopic (exact) mass is 1270 g/mol. The van der Waals surface area contributed by atoms with Crippen LogP contribution in [0, 0.1) is 23.3 Å². The molecular formula is C68H67ClF4N6O8S2. The number of carbonyl (C=O) groups excluding carboxylic acids is 2. The molecule has 12 rings (SSSR count). The minimum atomic E-state index is -4.54. The number of amides is 2. The van der Waals surface area contributed by atoms with Crippen molar-refractivity contribution in [3.8, 4) is 11.5 Å². The van der Waals surface area contributed by atoms with Gasteiger partial charge in [-0.25, -0.2) is 34.4 Å². The Balaban J connectivity index is 0.000000170. The summed E-state index contributed by atoms with van der Waals surface area (Å²) in [4.78, 5) is 33.2. The Morgan fingerprint density at radius 3 is 1.37 bits per heavy atom. The smallest absolute Gasteiger partial charge is 0.267 e. The molecule has 2 saturated heterocycles. The molecule has 0 aromatic heterocycles. The van der Waals surface area contributed by atoms with Gasteiger partial charge in [-0.3, -0.25) is 24.1 Å². The lowest BCUT2D eigenvalue weighted by Crippen LogP contribution is -2.33. The molecule has 8 aromatic rings. The van der Waals surface area contributed by atoms with Crippen LogP contribution >= 0.6 is 10.7 Å². The van der Waals surface area contributed by atoms with Crippen LogP contribution in [-0.2, 0) is 45.0 Å². The number of nitrogens with one attached hydrogen (secondary N) is 1. The van der Waals surface area contributed by atoms with Gasteiger partial charge in [0.15, 0.2) is 9.79 Å². The number of carbonyl (C=O) groups is 2. The summed E-state index contributed by atoms with van der Waals surface area (Å²) in [6.45, 7) is 6.70. The average molecular weight is 1270 g/mol. The minimum absolute atomic E-state index is 0.0519. The molecule has 4 aliphatic rings. The normalized spacial score (nSPS) is 15.4. The van der Waals surface area contributed by atoms with Crippen molar-refractivity contribution in [2.24, 2.45) is 0 Å². The highest BCUT2D eigenvalue weighted by atomic mass is 35.7. The van der Waals surface area contributed by atoms with Crippen molar-refractivity contribution in [1.82, 2.24) is 9.80 Å². The third-order valence-corrected chi connectivity index (χ3v) is 19.3. The number of halogens is 5. The highest BCUT2D eigenvalue weighted by Crippen LogP contribution is 2.38. The first-order valence-corrected chi connectivity index (χ1v) is 33.0. The van der Waals surface area contributed by atoms with E-state index in [-0.39, 0.29) is 17.5 Å². The predicted molar refractivity (Wildman–Crippen MR) is 338 cm³/mol. The van der Waals surface area contributed by atoms with Crippen LogP contribution in [0.3, 0.4) is 0 Å². The van der Waals surface area contributed by atoms with E-state index in [1.807, 2.05) is 71.6 Å². The Kier molecular flexibility index (Phi) is 20.1. The third kappa shape index (κ3) is 15.1. The number of fused-ring (bicyclic) bond motifs is 2. The number of ether oxygens (including phenoxy) is 2.